The highest BCUT2D eigenvalue weighted by Crippen LogP contribution is 2.23. The number of imidazole rings is 1. The lowest BCUT2D eigenvalue weighted by molar-refractivity contribution is 0.440. The molecule has 3 rings (SSSR count). The van der Waals surface area contributed by atoms with Crippen LogP contribution in [0.4, 0.5) is 0 Å². The minimum absolute atomic E-state index is 0.628. The molecule has 3 heteroatoms. The van der Waals surface area contributed by atoms with E-state index in [0.29, 0.717) is 5.92 Å². The first-order valence-electron chi connectivity index (χ1n) is 7.60. The highest BCUT2D eigenvalue weighted by molar-refractivity contribution is 5.25. The Kier molecular flexibility index (Phi) is 4.16. The Morgan fingerprint density at radius 3 is 3.05 bits per heavy atom. The fourth-order valence-corrected chi connectivity index (χ4v) is 3.09. The number of rotatable bonds is 4. The van der Waals surface area contributed by atoms with E-state index in [0.717, 1.165) is 26.1 Å². The van der Waals surface area contributed by atoms with Crippen molar-refractivity contribution in [3.05, 3.63) is 53.6 Å². The van der Waals surface area contributed by atoms with Crippen molar-refractivity contribution in [3.63, 3.8) is 0 Å². The SMILES string of the molecule is Cc1ccccc1CCn1cncc1C1CCCNC1. The Bertz CT molecular complexity index is 553. The normalized spacial score (nSPS) is 19.1. The van der Waals surface area contributed by atoms with Gasteiger partial charge in [-0.05, 0) is 43.9 Å². The van der Waals surface area contributed by atoms with Crippen LogP contribution in [0, 0.1) is 6.92 Å². The van der Waals surface area contributed by atoms with Gasteiger partial charge in [0.05, 0.1) is 6.33 Å². The molecule has 1 atom stereocenters. The molecule has 0 radical (unpaired) electrons. The molecule has 2 heterocycles. The number of aryl methyl sites for hydroxylation is 3. The van der Waals surface area contributed by atoms with Crippen molar-refractivity contribution in [2.75, 3.05) is 13.1 Å². The minimum atomic E-state index is 0.628. The van der Waals surface area contributed by atoms with Crippen molar-refractivity contribution in [2.24, 2.45) is 0 Å². The maximum Gasteiger partial charge on any atom is 0.0948 e. The lowest BCUT2D eigenvalue weighted by atomic mass is 9.96. The van der Waals surface area contributed by atoms with Gasteiger partial charge in [0.2, 0.25) is 0 Å². The van der Waals surface area contributed by atoms with Gasteiger partial charge in [-0.15, -0.1) is 0 Å². The summed E-state index contributed by atoms with van der Waals surface area (Å²) in [5.74, 6) is 0.628. The fraction of sp³-hybridized carbons (Fsp3) is 0.471. The molecule has 1 aromatic heterocycles. The predicted octanol–water partition coefficient (Wildman–Crippen LogP) is 2.90. The summed E-state index contributed by atoms with van der Waals surface area (Å²) in [6.45, 7) is 5.47. The molecule has 1 fully saturated rings. The van der Waals surface area contributed by atoms with E-state index in [-0.39, 0.29) is 0 Å². The lowest BCUT2D eigenvalue weighted by Crippen LogP contribution is -2.29. The highest BCUT2D eigenvalue weighted by Gasteiger charge is 2.18. The average molecular weight is 269 g/mol. The Morgan fingerprint density at radius 1 is 1.35 bits per heavy atom. The van der Waals surface area contributed by atoms with E-state index in [4.69, 9.17) is 0 Å². The van der Waals surface area contributed by atoms with Gasteiger partial charge in [-0.3, -0.25) is 0 Å². The molecule has 1 unspecified atom stereocenters. The van der Waals surface area contributed by atoms with Crippen molar-refractivity contribution in [3.8, 4) is 0 Å². The van der Waals surface area contributed by atoms with Crippen molar-refractivity contribution in [1.82, 2.24) is 14.9 Å². The van der Waals surface area contributed by atoms with Gasteiger partial charge in [-0.1, -0.05) is 24.3 Å². The molecule has 0 bridgehead atoms. The van der Waals surface area contributed by atoms with Crippen LogP contribution >= 0.6 is 0 Å². The molecule has 1 N–H and O–H groups in total. The summed E-state index contributed by atoms with van der Waals surface area (Å²) in [7, 11) is 0. The van der Waals surface area contributed by atoms with Crippen LogP contribution in [0.15, 0.2) is 36.8 Å². The molecule has 3 nitrogen and oxygen atoms in total. The van der Waals surface area contributed by atoms with Gasteiger partial charge in [0.1, 0.15) is 0 Å². The predicted molar refractivity (Wildman–Crippen MR) is 82.0 cm³/mol. The van der Waals surface area contributed by atoms with E-state index in [1.807, 2.05) is 6.33 Å². The third-order valence-corrected chi connectivity index (χ3v) is 4.34. The van der Waals surface area contributed by atoms with Crippen molar-refractivity contribution < 1.29 is 0 Å². The van der Waals surface area contributed by atoms with Gasteiger partial charge in [0.15, 0.2) is 0 Å². The van der Waals surface area contributed by atoms with E-state index in [2.05, 4.69) is 52.3 Å². The Labute approximate surface area is 121 Å². The second-order valence-electron chi connectivity index (χ2n) is 5.73. The number of aromatic nitrogens is 2. The lowest BCUT2D eigenvalue weighted by Gasteiger charge is -2.23. The van der Waals surface area contributed by atoms with Crippen molar-refractivity contribution >= 4 is 0 Å². The summed E-state index contributed by atoms with van der Waals surface area (Å²) in [5.41, 5.74) is 4.22. The number of nitrogens with one attached hydrogen (secondary N) is 1. The molecule has 0 amide bonds. The molecule has 1 aromatic carbocycles. The second-order valence-corrected chi connectivity index (χ2v) is 5.73. The first-order valence-corrected chi connectivity index (χ1v) is 7.60. The second kappa shape index (κ2) is 6.23. The van der Waals surface area contributed by atoms with Crippen molar-refractivity contribution in [2.45, 2.75) is 38.6 Å². The summed E-state index contributed by atoms with van der Waals surface area (Å²) < 4.78 is 2.34. The van der Waals surface area contributed by atoms with Gasteiger partial charge >= 0.3 is 0 Å². The zero-order valence-corrected chi connectivity index (χ0v) is 12.2. The standard InChI is InChI=1S/C17H23N3/c1-14-5-2-3-6-15(14)8-10-20-13-19-12-17(20)16-7-4-9-18-11-16/h2-3,5-6,12-13,16,18H,4,7-11H2,1H3. The number of hydrogen-bond donors (Lipinski definition) is 1. The molecule has 1 aliphatic rings. The Morgan fingerprint density at radius 2 is 2.25 bits per heavy atom. The maximum atomic E-state index is 4.37. The van der Waals surface area contributed by atoms with E-state index >= 15 is 0 Å². The van der Waals surface area contributed by atoms with Gasteiger partial charge in [-0.25, -0.2) is 4.98 Å². The molecular weight excluding hydrogens is 246 g/mol. The summed E-state index contributed by atoms with van der Waals surface area (Å²) in [6.07, 6.45) is 7.67. The first kappa shape index (κ1) is 13.4. The number of piperidine rings is 1. The van der Waals surface area contributed by atoms with E-state index in [9.17, 15) is 0 Å². The molecule has 2 aromatic rings. The average Bonchev–Trinajstić information content (AvgIpc) is 2.96. The van der Waals surface area contributed by atoms with Crippen LogP contribution in [0.3, 0.4) is 0 Å². The fourth-order valence-electron chi connectivity index (χ4n) is 3.09. The smallest absolute Gasteiger partial charge is 0.0948 e. The Balaban J connectivity index is 1.69. The van der Waals surface area contributed by atoms with Crippen LogP contribution in [0.1, 0.15) is 35.6 Å². The third kappa shape index (κ3) is 2.93. The van der Waals surface area contributed by atoms with E-state index < -0.39 is 0 Å². The molecule has 0 aliphatic carbocycles. The number of nitrogens with zero attached hydrogens (tertiary/aromatic N) is 2. The van der Waals surface area contributed by atoms with E-state index in [1.54, 1.807) is 0 Å². The topological polar surface area (TPSA) is 29.9 Å². The van der Waals surface area contributed by atoms with Crippen LogP contribution in [0.2, 0.25) is 0 Å². The third-order valence-electron chi connectivity index (χ3n) is 4.34. The maximum absolute atomic E-state index is 4.37. The van der Waals surface area contributed by atoms with Crippen LogP contribution < -0.4 is 5.32 Å². The summed E-state index contributed by atoms with van der Waals surface area (Å²) in [5, 5.41) is 3.49. The summed E-state index contributed by atoms with van der Waals surface area (Å²) in [6, 6.07) is 8.65. The zero-order valence-electron chi connectivity index (χ0n) is 12.2. The van der Waals surface area contributed by atoms with Crippen LogP contribution in [0.25, 0.3) is 0 Å². The van der Waals surface area contributed by atoms with Gasteiger partial charge in [0, 0.05) is 30.9 Å². The van der Waals surface area contributed by atoms with E-state index in [1.165, 1.54) is 29.7 Å². The molecular formula is C17H23N3. The number of hydrogen-bond acceptors (Lipinski definition) is 2. The molecule has 1 saturated heterocycles. The van der Waals surface area contributed by atoms with Crippen LogP contribution in [0.5, 0.6) is 0 Å². The van der Waals surface area contributed by atoms with Gasteiger partial charge in [0.25, 0.3) is 0 Å². The van der Waals surface area contributed by atoms with Gasteiger partial charge in [-0.2, -0.15) is 0 Å². The van der Waals surface area contributed by atoms with Crippen LogP contribution in [-0.2, 0) is 13.0 Å². The first-order chi connectivity index (χ1) is 9.84. The summed E-state index contributed by atoms with van der Waals surface area (Å²) >= 11 is 0. The molecule has 0 spiro atoms. The van der Waals surface area contributed by atoms with Crippen molar-refractivity contribution in [1.29, 1.82) is 0 Å². The molecule has 0 saturated carbocycles. The molecule has 20 heavy (non-hydrogen) atoms. The number of benzene rings is 1. The minimum Gasteiger partial charge on any atom is -0.334 e. The molecule has 106 valence electrons. The largest absolute Gasteiger partial charge is 0.334 e. The monoisotopic (exact) mass is 269 g/mol. The van der Waals surface area contributed by atoms with Gasteiger partial charge < -0.3 is 9.88 Å². The quantitative estimate of drug-likeness (QED) is 0.925. The Hall–Kier alpha value is -1.61. The zero-order chi connectivity index (χ0) is 13.8. The highest BCUT2D eigenvalue weighted by atomic mass is 15.1. The van der Waals surface area contributed by atoms with Crippen LogP contribution in [-0.4, -0.2) is 22.6 Å². The molecule has 1 aliphatic heterocycles. The summed E-state index contributed by atoms with van der Waals surface area (Å²) in [4.78, 5) is 4.37.